The van der Waals surface area contributed by atoms with Crippen molar-refractivity contribution in [3.05, 3.63) is 0 Å². The van der Waals surface area contributed by atoms with E-state index < -0.39 is 17.6 Å². The zero-order valence-corrected chi connectivity index (χ0v) is 11.0. The maximum Gasteiger partial charge on any atom is 1.00 e. The Bertz CT molecular complexity index is 288. The van der Waals surface area contributed by atoms with Gasteiger partial charge in [-0.15, -0.1) is 0 Å². The van der Waals surface area contributed by atoms with Crippen LogP contribution in [0.4, 0.5) is 0 Å². The number of carboxylic acids is 1. The normalized spacial score (nSPS) is 20.8. The molecule has 1 aliphatic heterocycles. The van der Waals surface area contributed by atoms with Gasteiger partial charge in [-0.2, -0.15) is 0 Å². The van der Waals surface area contributed by atoms with Gasteiger partial charge in [-0.3, -0.25) is 9.69 Å². The summed E-state index contributed by atoms with van der Waals surface area (Å²) < 4.78 is 5.13. The van der Waals surface area contributed by atoms with Crippen molar-refractivity contribution in [1.82, 2.24) is 4.90 Å². The number of ether oxygens (including phenoxy) is 1. The zero-order valence-electron chi connectivity index (χ0n) is 11.0. The van der Waals surface area contributed by atoms with E-state index in [1.165, 1.54) is 0 Å². The SMILES string of the molecule is CC(C)(C)OC(=O)CN1CCCC1C(=O)[O-].[Li+]. The molecule has 0 spiro atoms. The van der Waals surface area contributed by atoms with Crippen LogP contribution in [-0.2, 0) is 14.3 Å². The van der Waals surface area contributed by atoms with Crippen LogP contribution in [-0.4, -0.2) is 41.6 Å². The van der Waals surface area contributed by atoms with Gasteiger partial charge < -0.3 is 14.6 Å². The maximum atomic E-state index is 11.5. The number of carbonyl (C=O) groups excluding carboxylic acids is 2. The van der Waals surface area contributed by atoms with Gasteiger partial charge in [0, 0.05) is 6.04 Å². The van der Waals surface area contributed by atoms with Gasteiger partial charge in [-0.05, 0) is 40.2 Å². The van der Waals surface area contributed by atoms with Crippen LogP contribution in [0.5, 0.6) is 0 Å². The fraction of sp³-hybridized carbons (Fsp3) is 0.818. The number of carbonyl (C=O) groups is 2. The minimum atomic E-state index is -1.11. The van der Waals surface area contributed by atoms with Crippen LogP contribution >= 0.6 is 0 Å². The van der Waals surface area contributed by atoms with Crippen LogP contribution in [0.3, 0.4) is 0 Å². The van der Waals surface area contributed by atoms with E-state index in [9.17, 15) is 14.7 Å². The quantitative estimate of drug-likeness (QED) is 0.376. The van der Waals surface area contributed by atoms with Crippen molar-refractivity contribution in [2.75, 3.05) is 13.1 Å². The molecule has 1 atom stereocenters. The van der Waals surface area contributed by atoms with Crippen LogP contribution < -0.4 is 24.0 Å². The molecule has 6 heteroatoms. The van der Waals surface area contributed by atoms with Crippen molar-refractivity contribution in [3.63, 3.8) is 0 Å². The number of carboxylic acid groups (broad SMARTS) is 1. The molecule has 0 N–H and O–H groups in total. The van der Waals surface area contributed by atoms with Crippen molar-refractivity contribution in [2.24, 2.45) is 0 Å². The van der Waals surface area contributed by atoms with Crippen molar-refractivity contribution < 1.29 is 38.3 Å². The molecular formula is C11H18LiNO4. The van der Waals surface area contributed by atoms with Gasteiger partial charge in [0.05, 0.1) is 12.5 Å². The van der Waals surface area contributed by atoms with E-state index in [0.29, 0.717) is 13.0 Å². The van der Waals surface area contributed by atoms with E-state index in [1.807, 2.05) is 0 Å². The molecule has 1 heterocycles. The molecule has 1 rings (SSSR count). The second-order valence-electron chi connectivity index (χ2n) is 5.03. The van der Waals surface area contributed by atoms with Gasteiger partial charge in [-0.1, -0.05) is 0 Å². The smallest absolute Gasteiger partial charge is 0.548 e. The third-order valence-electron chi connectivity index (χ3n) is 2.39. The molecule has 5 nitrogen and oxygen atoms in total. The molecule has 0 saturated carbocycles. The second-order valence-corrected chi connectivity index (χ2v) is 5.03. The van der Waals surface area contributed by atoms with Crippen molar-refractivity contribution in [3.8, 4) is 0 Å². The number of hydrogen-bond acceptors (Lipinski definition) is 5. The Hall–Kier alpha value is -0.503. The summed E-state index contributed by atoms with van der Waals surface area (Å²) in [4.78, 5) is 23.9. The number of likely N-dealkylation sites (tertiary alicyclic amines) is 1. The number of esters is 1. The molecule has 0 radical (unpaired) electrons. The third-order valence-corrected chi connectivity index (χ3v) is 2.39. The van der Waals surface area contributed by atoms with Crippen molar-refractivity contribution in [2.45, 2.75) is 45.3 Å². The average molecular weight is 235 g/mol. The Labute approximate surface area is 114 Å². The van der Waals surface area contributed by atoms with E-state index >= 15 is 0 Å². The van der Waals surface area contributed by atoms with E-state index in [1.54, 1.807) is 25.7 Å². The number of rotatable bonds is 3. The minimum absolute atomic E-state index is 0. The first-order chi connectivity index (χ1) is 7.29. The molecule has 0 aliphatic carbocycles. The fourth-order valence-electron chi connectivity index (χ4n) is 1.82. The largest absolute Gasteiger partial charge is 1.00 e. The molecule has 17 heavy (non-hydrogen) atoms. The molecule has 1 unspecified atom stereocenters. The standard InChI is InChI=1S/C11H19NO4.Li/c1-11(2,3)16-9(13)7-12-6-4-5-8(12)10(14)15;/h8H,4-7H2,1-3H3,(H,14,15);/q;+1/p-1. The van der Waals surface area contributed by atoms with Crippen LogP contribution in [0.1, 0.15) is 33.6 Å². The maximum absolute atomic E-state index is 11.5. The molecule has 1 aliphatic rings. The molecule has 1 saturated heterocycles. The van der Waals surface area contributed by atoms with E-state index in [-0.39, 0.29) is 31.4 Å². The predicted octanol–water partition coefficient (Wildman–Crippen LogP) is -3.45. The Morgan fingerprint density at radius 2 is 2.00 bits per heavy atom. The molecule has 0 aromatic carbocycles. The van der Waals surface area contributed by atoms with Crippen LogP contribution in [0.15, 0.2) is 0 Å². The summed E-state index contributed by atoms with van der Waals surface area (Å²) in [6.45, 7) is 5.98. The Morgan fingerprint density at radius 3 is 2.47 bits per heavy atom. The number of aliphatic carboxylic acids is 1. The number of nitrogens with zero attached hydrogens (tertiary/aromatic N) is 1. The van der Waals surface area contributed by atoms with Crippen LogP contribution in [0, 0.1) is 0 Å². The van der Waals surface area contributed by atoms with Gasteiger partial charge >= 0.3 is 24.8 Å². The summed E-state index contributed by atoms with van der Waals surface area (Å²) >= 11 is 0. The molecule has 1 fully saturated rings. The molecule has 0 bridgehead atoms. The Morgan fingerprint density at radius 1 is 1.41 bits per heavy atom. The summed E-state index contributed by atoms with van der Waals surface area (Å²) in [5.41, 5.74) is -0.534. The van der Waals surface area contributed by atoms with Crippen molar-refractivity contribution >= 4 is 11.9 Å². The van der Waals surface area contributed by atoms with Gasteiger partial charge in [-0.25, -0.2) is 0 Å². The molecule has 0 amide bonds. The van der Waals surface area contributed by atoms with E-state index in [0.717, 1.165) is 6.42 Å². The third kappa shape index (κ3) is 5.58. The van der Waals surface area contributed by atoms with Gasteiger partial charge in [0.15, 0.2) is 0 Å². The van der Waals surface area contributed by atoms with Crippen LogP contribution in [0.2, 0.25) is 0 Å². The summed E-state index contributed by atoms with van der Waals surface area (Å²) in [5.74, 6) is -1.50. The fourth-order valence-corrected chi connectivity index (χ4v) is 1.82. The molecular weight excluding hydrogens is 217 g/mol. The second kappa shape index (κ2) is 6.44. The summed E-state index contributed by atoms with van der Waals surface area (Å²) in [7, 11) is 0. The Balaban J connectivity index is 0.00000256. The van der Waals surface area contributed by atoms with Crippen molar-refractivity contribution in [1.29, 1.82) is 0 Å². The monoisotopic (exact) mass is 235 g/mol. The van der Waals surface area contributed by atoms with E-state index in [4.69, 9.17) is 4.74 Å². The van der Waals surface area contributed by atoms with Gasteiger partial charge in [0.1, 0.15) is 5.60 Å². The first-order valence-electron chi connectivity index (χ1n) is 5.46. The average Bonchev–Trinajstić information content (AvgIpc) is 2.47. The topological polar surface area (TPSA) is 69.7 Å². The summed E-state index contributed by atoms with van der Waals surface area (Å²) in [5, 5.41) is 10.8. The number of hydrogen-bond donors (Lipinski definition) is 0. The Kier molecular flexibility index (Phi) is 6.25. The zero-order chi connectivity index (χ0) is 12.3. The minimum Gasteiger partial charge on any atom is -0.548 e. The van der Waals surface area contributed by atoms with Gasteiger partial charge in [0.2, 0.25) is 0 Å². The first-order valence-corrected chi connectivity index (χ1v) is 5.46. The first kappa shape index (κ1) is 16.5. The van der Waals surface area contributed by atoms with Gasteiger partial charge in [0.25, 0.3) is 0 Å². The molecule has 0 aromatic heterocycles. The van der Waals surface area contributed by atoms with E-state index in [2.05, 4.69) is 0 Å². The summed E-state index contributed by atoms with van der Waals surface area (Å²) in [6, 6.07) is -0.646. The van der Waals surface area contributed by atoms with Crippen LogP contribution in [0.25, 0.3) is 0 Å². The molecule has 92 valence electrons. The summed E-state index contributed by atoms with van der Waals surface area (Å²) in [6.07, 6.45) is 1.33. The predicted molar refractivity (Wildman–Crippen MR) is 55.4 cm³/mol. The molecule has 0 aromatic rings.